The lowest BCUT2D eigenvalue weighted by Crippen LogP contribution is -2.50. The number of nitrogens with one attached hydrogen (secondary N) is 2. The molecule has 0 aromatic heterocycles. The molecule has 1 aliphatic carbocycles. The average molecular weight is 314 g/mol. The largest absolute Gasteiger partial charge is 0.491 e. The monoisotopic (exact) mass is 314 g/mol. The summed E-state index contributed by atoms with van der Waals surface area (Å²) in [6.45, 7) is 1.11. The van der Waals surface area contributed by atoms with Crippen molar-refractivity contribution in [1.82, 2.24) is 10.6 Å². The van der Waals surface area contributed by atoms with Crippen LogP contribution in [-0.2, 0) is 0 Å². The Labute approximate surface area is 135 Å². The predicted octanol–water partition coefficient (Wildman–Crippen LogP) is 2.43. The van der Waals surface area contributed by atoms with E-state index in [0.29, 0.717) is 19.7 Å². The molecule has 5 heteroatoms. The van der Waals surface area contributed by atoms with Crippen molar-refractivity contribution in [2.75, 3.05) is 19.7 Å². The van der Waals surface area contributed by atoms with Gasteiger partial charge in [-0.05, 0) is 30.7 Å². The summed E-state index contributed by atoms with van der Waals surface area (Å²) in [5.41, 5.74) is -0.698. The molecule has 2 aromatic rings. The molecule has 122 valence electrons. The standard InChI is InChI=1S/C18H22N2O3/c21-17(20-13-18(22)9-4-10-18)19-11-12-23-16-8-3-6-14-5-1-2-7-15(14)16/h1-3,5-8,22H,4,9-13H2,(H2,19,20,21). The number of hydrogen-bond acceptors (Lipinski definition) is 3. The van der Waals surface area contributed by atoms with Gasteiger partial charge in [0.05, 0.1) is 12.1 Å². The molecule has 0 heterocycles. The van der Waals surface area contributed by atoms with E-state index in [-0.39, 0.29) is 6.03 Å². The van der Waals surface area contributed by atoms with Crippen LogP contribution in [0.4, 0.5) is 4.79 Å². The van der Waals surface area contributed by atoms with Crippen LogP contribution in [0.15, 0.2) is 42.5 Å². The number of amides is 2. The number of rotatable bonds is 6. The van der Waals surface area contributed by atoms with E-state index in [4.69, 9.17) is 4.74 Å². The molecule has 0 radical (unpaired) electrons. The van der Waals surface area contributed by atoms with Gasteiger partial charge in [0.1, 0.15) is 12.4 Å². The normalized spacial score (nSPS) is 15.7. The molecular weight excluding hydrogens is 292 g/mol. The zero-order valence-electron chi connectivity index (χ0n) is 13.0. The molecule has 0 saturated heterocycles. The molecule has 0 atom stereocenters. The van der Waals surface area contributed by atoms with E-state index in [0.717, 1.165) is 35.8 Å². The summed E-state index contributed by atoms with van der Waals surface area (Å²) in [6, 6.07) is 13.7. The van der Waals surface area contributed by atoms with E-state index < -0.39 is 5.60 Å². The van der Waals surface area contributed by atoms with Crippen molar-refractivity contribution >= 4 is 16.8 Å². The number of hydrogen-bond donors (Lipinski definition) is 3. The molecule has 5 nitrogen and oxygen atoms in total. The van der Waals surface area contributed by atoms with Crippen molar-refractivity contribution in [2.45, 2.75) is 24.9 Å². The lowest BCUT2D eigenvalue weighted by Gasteiger charge is -2.36. The summed E-state index contributed by atoms with van der Waals surface area (Å²) in [5, 5.41) is 17.5. The third kappa shape index (κ3) is 3.93. The zero-order valence-corrected chi connectivity index (χ0v) is 13.0. The first kappa shape index (κ1) is 15.6. The molecule has 0 unspecified atom stereocenters. The van der Waals surface area contributed by atoms with E-state index in [1.54, 1.807) is 0 Å². The van der Waals surface area contributed by atoms with Crippen molar-refractivity contribution in [2.24, 2.45) is 0 Å². The number of urea groups is 1. The van der Waals surface area contributed by atoms with Gasteiger partial charge >= 0.3 is 6.03 Å². The fourth-order valence-corrected chi connectivity index (χ4v) is 2.72. The highest BCUT2D eigenvalue weighted by molar-refractivity contribution is 5.88. The predicted molar refractivity (Wildman–Crippen MR) is 89.6 cm³/mol. The van der Waals surface area contributed by atoms with Crippen LogP contribution >= 0.6 is 0 Å². The summed E-state index contributed by atoms with van der Waals surface area (Å²) in [5.74, 6) is 0.814. The number of carbonyl (C=O) groups is 1. The van der Waals surface area contributed by atoms with Crippen molar-refractivity contribution in [3.63, 3.8) is 0 Å². The second-order valence-corrected chi connectivity index (χ2v) is 6.01. The Kier molecular flexibility index (Phi) is 4.67. The van der Waals surface area contributed by atoms with Crippen LogP contribution in [0, 0.1) is 0 Å². The topological polar surface area (TPSA) is 70.6 Å². The third-order valence-corrected chi connectivity index (χ3v) is 4.26. The second-order valence-electron chi connectivity index (χ2n) is 6.01. The first-order valence-electron chi connectivity index (χ1n) is 8.01. The van der Waals surface area contributed by atoms with Crippen LogP contribution in [0.25, 0.3) is 10.8 Å². The van der Waals surface area contributed by atoms with Crippen molar-refractivity contribution in [1.29, 1.82) is 0 Å². The Hall–Kier alpha value is -2.27. The van der Waals surface area contributed by atoms with Gasteiger partial charge in [-0.15, -0.1) is 0 Å². The van der Waals surface area contributed by atoms with Crippen LogP contribution < -0.4 is 15.4 Å². The van der Waals surface area contributed by atoms with E-state index in [1.807, 2.05) is 42.5 Å². The number of ether oxygens (including phenoxy) is 1. The SMILES string of the molecule is O=C(NCCOc1cccc2ccccc12)NCC1(O)CCC1. The highest BCUT2D eigenvalue weighted by Crippen LogP contribution is 2.30. The minimum absolute atomic E-state index is 0.271. The van der Waals surface area contributed by atoms with Gasteiger partial charge in [0.2, 0.25) is 0 Å². The van der Waals surface area contributed by atoms with Crippen LogP contribution in [0.3, 0.4) is 0 Å². The first-order valence-corrected chi connectivity index (χ1v) is 8.01. The fourth-order valence-electron chi connectivity index (χ4n) is 2.72. The molecular formula is C18H22N2O3. The molecule has 2 aromatic carbocycles. The summed E-state index contributed by atoms with van der Waals surface area (Å²) in [7, 11) is 0. The highest BCUT2D eigenvalue weighted by Gasteiger charge is 2.34. The number of fused-ring (bicyclic) bond motifs is 1. The minimum Gasteiger partial charge on any atom is -0.491 e. The number of carbonyl (C=O) groups excluding carboxylic acids is 1. The fraction of sp³-hybridized carbons (Fsp3) is 0.389. The number of aliphatic hydroxyl groups is 1. The summed E-state index contributed by atoms with van der Waals surface area (Å²) in [4.78, 5) is 11.7. The second kappa shape index (κ2) is 6.87. The quantitative estimate of drug-likeness (QED) is 0.717. The molecule has 3 N–H and O–H groups in total. The third-order valence-electron chi connectivity index (χ3n) is 4.26. The molecule has 23 heavy (non-hydrogen) atoms. The zero-order chi connectivity index (χ0) is 16.1. The maximum absolute atomic E-state index is 11.7. The van der Waals surface area contributed by atoms with Gasteiger partial charge in [-0.2, -0.15) is 0 Å². The summed E-state index contributed by atoms with van der Waals surface area (Å²) < 4.78 is 5.76. The van der Waals surface area contributed by atoms with E-state index >= 15 is 0 Å². The molecule has 3 rings (SSSR count). The van der Waals surface area contributed by atoms with Crippen LogP contribution in [-0.4, -0.2) is 36.4 Å². The van der Waals surface area contributed by atoms with Crippen LogP contribution in [0.5, 0.6) is 5.75 Å². The van der Waals surface area contributed by atoms with Gasteiger partial charge in [-0.3, -0.25) is 0 Å². The molecule has 1 aliphatic rings. The molecule has 0 bridgehead atoms. The molecule has 0 aliphatic heterocycles. The van der Waals surface area contributed by atoms with Crippen molar-refractivity contribution < 1.29 is 14.6 Å². The minimum atomic E-state index is -0.698. The Morgan fingerprint density at radius 2 is 1.91 bits per heavy atom. The number of benzene rings is 2. The molecule has 1 fully saturated rings. The summed E-state index contributed by atoms with van der Waals surface area (Å²) in [6.07, 6.45) is 2.55. The van der Waals surface area contributed by atoms with E-state index in [2.05, 4.69) is 10.6 Å². The molecule has 1 saturated carbocycles. The van der Waals surface area contributed by atoms with Gasteiger partial charge < -0.3 is 20.5 Å². The molecule has 0 spiro atoms. The van der Waals surface area contributed by atoms with Gasteiger partial charge in [0.25, 0.3) is 0 Å². The maximum Gasteiger partial charge on any atom is 0.315 e. The van der Waals surface area contributed by atoms with Gasteiger partial charge in [-0.1, -0.05) is 36.4 Å². The molecule has 2 amide bonds. The summed E-state index contributed by atoms with van der Waals surface area (Å²) >= 11 is 0. The van der Waals surface area contributed by atoms with Gasteiger partial charge in [0.15, 0.2) is 0 Å². The maximum atomic E-state index is 11.7. The Morgan fingerprint density at radius 3 is 2.70 bits per heavy atom. The van der Waals surface area contributed by atoms with Gasteiger partial charge in [0, 0.05) is 11.9 Å². The van der Waals surface area contributed by atoms with E-state index in [9.17, 15) is 9.90 Å². The Morgan fingerprint density at radius 1 is 1.13 bits per heavy atom. The Bertz CT molecular complexity index is 678. The van der Waals surface area contributed by atoms with Crippen molar-refractivity contribution in [3.05, 3.63) is 42.5 Å². The van der Waals surface area contributed by atoms with E-state index in [1.165, 1.54) is 0 Å². The Balaban J connectivity index is 1.41. The van der Waals surface area contributed by atoms with Gasteiger partial charge in [-0.25, -0.2) is 4.79 Å². The van der Waals surface area contributed by atoms with Crippen LogP contribution in [0.2, 0.25) is 0 Å². The highest BCUT2D eigenvalue weighted by atomic mass is 16.5. The lowest BCUT2D eigenvalue weighted by atomic mass is 9.80. The average Bonchev–Trinajstić information content (AvgIpc) is 2.55. The lowest BCUT2D eigenvalue weighted by molar-refractivity contribution is -0.0290. The van der Waals surface area contributed by atoms with Crippen molar-refractivity contribution in [3.8, 4) is 5.75 Å². The smallest absolute Gasteiger partial charge is 0.315 e. The van der Waals surface area contributed by atoms with Crippen LogP contribution in [0.1, 0.15) is 19.3 Å². The first-order chi connectivity index (χ1) is 11.2.